The molecule has 3 aromatic rings. The van der Waals surface area contributed by atoms with E-state index >= 15 is 0 Å². The van der Waals surface area contributed by atoms with Crippen molar-refractivity contribution in [3.05, 3.63) is 76.7 Å². The standard InChI is InChI=1S/C28H27F6NO3/c1-16-9-18-12-25(35-14-19(18)10-16)38-15-20-11-22(23(13-24(20)29)28(32,33)34)17-3-5-21(6-4-17)37-8-7-27(2,36)26(30)31/h3-6,11-14,16,26,36H,7-10,15H2,1-2H3/t16-,27?/m0/s1. The van der Waals surface area contributed by atoms with Crippen molar-refractivity contribution in [1.82, 2.24) is 4.98 Å². The Kier molecular flexibility index (Phi) is 7.92. The second-order valence-electron chi connectivity index (χ2n) is 9.86. The Hall–Kier alpha value is -3.27. The van der Waals surface area contributed by atoms with Crippen LogP contribution >= 0.6 is 0 Å². The normalized spacial score (nSPS) is 16.8. The van der Waals surface area contributed by atoms with Gasteiger partial charge in [0, 0.05) is 24.2 Å². The molecule has 1 aliphatic rings. The molecule has 0 bridgehead atoms. The third kappa shape index (κ3) is 6.40. The van der Waals surface area contributed by atoms with Crippen molar-refractivity contribution in [2.75, 3.05) is 6.61 Å². The minimum Gasteiger partial charge on any atom is -0.493 e. The first-order valence-corrected chi connectivity index (χ1v) is 12.1. The number of aromatic nitrogens is 1. The molecule has 0 radical (unpaired) electrons. The van der Waals surface area contributed by atoms with Crippen LogP contribution in [0.4, 0.5) is 26.3 Å². The van der Waals surface area contributed by atoms with Gasteiger partial charge < -0.3 is 14.6 Å². The predicted molar refractivity (Wildman–Crippen MR) is 129 cm³/mol. The molecule has 204 valence electrons. The van der Waals surface area contributed by atoms with Crippen LogP contribution in [0.15, 0.2) is 48.7 Å². The average Bonchev–Trinajstić information content (AvgIpc) is 3.22. The predicted octanol–water partition coefficient (Wildman–Crippen LogP) is 7.01. The van der Waals surface area contributed by atoms with E-state index in [1.807, 2.05) is 0 Å². The zero-order chi connectivity index (χ0) is 27.7. The molecule has 0 aliphatic heterocycles. The van der Waals surface area contributed by atoms with Crippen molar-refractivity contribution in [3.63, 3.8) is 0 Å². The number of alkyl halides is 5. The fourth-order valence-electron chi connectivity index (χ4n) is 4.35. The highest BCUT2D eigenvalue weighted by atomic mass is 19.4. The monoisotopic (exact) mass is 539 g/mol. The minimum atomic E-state index is -4.82. The molecule has 0 spiro atoms. The summed E-state index contributed by atoms with van der Waals surface area (Å²) in [6.45, 7) is 2.57. The van der Waals surface area contributed by atoms with E-state index in [2.05, 4.69) is 11.9 Å². The maximum Gasteiger partial charge on any atom is 0.417 e. The summed E-state index contributed by atoms with van der Waals surface area (Å²) in [7, 11) is 0. The minimum absolute atomic E-state index is 0.0711. The smallest absolute Gasteiger partial charge is 0.417 e. The van der Waals surface area contributed by atoms with Gasteiger partial charge in [-0.2, -0.15) is 13.2 Å². The second kappa shape index (κ2) is 10.8. The molecule has 0 saturated carbocycles. The zero-order valence-electron chi connectivity index (χ0n) is 20.8. The summed E-state index contributed by atoms with van der Waals surface area (Å²) in [6.07, 6.45) is -4.61. The fourth-order valence-corrected chi connectivity index (χ4v) is 4.35. The average molecular weight is 540 g/mol. The van der Waals surface area contributed by atoms with Gasteiger partial charge in [0.1, 0.15) is 23.8 Å². The Labute approximate surface area is 216 Å². The first kappa shape index (κ1) is 27.8. The topological polar surface area (TPSA) is 51.6 Å². The summed E-state index contributed by atoms with van der Waals surface area (Å²) in [5.41, 5.74) is -1.32. The number of benzene rings is 2. The molecule has 1 N–H and O–H groups in total. The summed E-state index contributed by atoms with van der Waals surface area (Å²) in [5, 5.41) is 9.60. The van der Waals surface area contributed by atoms with Crippen molar-refractivity contribution in [2.24, 2.45) is 5.92 Å². The number of aliphatic hydroxyl groups is 1. The third-order valence-electron chi connectivity index (χ3n) is 6.57. The SMILES string of the molecule is C[C@@H]1Cc2cnc(OCc3cc(-c4ccc(OCCC(C)(O)C(F)F)cc4)c(C(F)(F)F)cc3F)cc2C1. The van der Waals surface area contributed by atoms with Crippen LogP contribution < -0.4 is 9.47 Å². The van der Waals surface area contributed by atoms with Gasteiger partial charge in [-0.15, -0.1) is 0 Å². The lowest BCUT2D eigenvalue weighted by molar-refractivity contribution is -0.137. The number of hydrogen-bond donors (Lipinski definition) is 1. The molecule has 1 heterocycles. The summed E-state index contributed by atoms with van der Waals surface area (Å²) in [5.74, 6) is -0.0794. The quantitative estimate of drug-likeness (QED) is 0.298. The summed E-state index contributed by atoms with van der Waals surface area (Å²) in [4.78, 5) is 4.23. The molecule has 1 unspecified atom stereocenters. The molecule has 2 aromatic carbocycles. The molecule has 10 heteroatoms. The number of nitrogens with zero attached hydrogens (tertiary/aromatic N) is 1. The van der Waals surface area contributed by atoms with E-state index in [9.17, 15) is 31.4 Å². The van der Waals surface area contributed by atoms with Crippen molar-refractivity contribution in [2.45, 2.75) is 57.9 Å². The Morgan fingerprint density at radius 3 is 2.37 bits per heavy atom. The van der Waals surface area contributed by atoms with Crippen molar-refractivity contribution < 1.29 is 40.9 Å². The molecule has 4 nitrogen and oxygen atoms in total. The van der Waals surface area contributed by atoms with Crippen LogP contribution in [0.1, 0.15) is 42.5 Å². The van der Waals surface area contributed by atoms with Crippen LogP contribution in [0, 0.1) is 11.7 Å². The van der Waals surface area contributed by atoms with E-state index in [1.54, 1.807) is 12.3 Å². The van der Waals surface area contributed by atoms with Gasteiger partial charge in [0.15, 0.2) is 0 Å². The van der Waals surface area contributed by atoms with Crippen molar-refractivity contribution in [1.29, 1.82) is 0 Å². The first-order chi connectivity index (χ1) is 17.8. The van der Waals surface area contributed by atoms with E-state index in [1.165, 1.54) is 24.3 Å². The molecule has 0 fully saturated rings. The van der Waals surface area contributed by atoms with E-state index in [0.717, 1.165) is 37.0 Å². The Morgan fingerprint density at radius 1 is 1.03 bits per heavy atom. The lowest BCUT2D eigenvalue weighted by Crippen LogP contribution is -2.35. The Bertz CT molecular complexity index is 1270. The number of pyridine rings is 1. The largest absolute Gasteiger partial charge is 0.493 e. The molecular weight excluding hydrogens is 512 g/mol. The van der Waals surface area contributed by atoms with Gasteiger partial charge in [0.2, 0.25) is 5.88 Å². The van der Waals surface area contributed by atoms with E-state index < -0.39 is 29.6 Å². The third-order valence-corrected chi connectivity index (χ3v) is 6.57. The Balaban J connectivity index is 1.53. The van der Waals surface area contributed by atoms with Gasteiger partial charge in [0.25, 0.3) is 6.43 Å². The molecule has 38 heavy (non-hydrogen) atoms. The molecular formula is C28H27F6NO3. The van der Waals surface area contributed by atoms with E-state index in [4.69, 9.17) is 9.47 Å². The van der Waals surface area contributed by atoms with Gasteiger partial charge in [-0.3, -0.25) is 0 Å². The van der Waals surface area contributed by atoms with Crippen molar-refractivity contribution in [3.8, 4) is 22.8 Å². The summed E-state index contributed by atoms with van der Waals surface area (Å²) in [6, 6.07) is 8.80. The first-order valence-electron chi connectivity index (χ1n) is 12.1. The molecule has 0 saturated heterocycles. The van der Waals surface area contributed by atoms with Crippen molar-refractivity contribution >= 4 is 0 Å². The van der Waals surface area contributed by atoms with Crippen LogP contribution in [0.3, 0.4) is 0 Å². The van der Waals surface area contributed by atoms with Gasteiger partial charge in [-0.05, 0) is 72.2 Å². The molecule has 1 aromatic heterocycles. The summed E-state index contributed by atoms with van der Waals surface area (Å²) >= 11 is 0. The number of halogens is 6. The number of ether oxygens (including phenoxy) is 2. The molecule has 2 atom stereocenters. The zero-order valence-corrected chi connectivity index (χ0v) is 20.8. The van der Waals surface area contributed by atoms with Crippen LogP contribution in [-0.2, 0) is 25.6 Å². The van der Waals surface area contributed by atoms with Crippen LogP contribution in [0.25, 0.3) is 11.1 Å². The van der Waals surface area contributed by atoms with Crippen LogP contribution in [0.2, 0.25) is 0 Å². The van der Waals surface area contributed by atoms with E-state index in [0.29, 0.717) is 12.0 Å². The maximum atomic E-state index is 14.7. The highest BCUT2D eigenvalue weighted by molar-refractivity contribution is 5.69. The highest BCUT2D eigenvalue weighted by Gasteiger charge is 2.35. The molecule has 4 rings (SSSR count). The maximum absolute atomic E-state index is 14.7. The van der Waals surface area contributed by atoms with Gasteiger partial charge in [0.05, 0.1) is 12.2 Å². The highest BCUT2D eigenvalue weighted by Crippen LogP contribution is 2.39. The number of fused-ring (bicyclic) bond motifs is 1. The number of hydrogen-bond acceptors (Lipinski definition) is 4. The lowest BCUT2D eigenvalue weighted by Gasteiger charge is -2.22. The lowest BCUT2D eigenvalue weighted by atomic mass is 9.96. The van der Waals surface area contributed by atoms with Gasteiger partial charge in [-0.25, -0.2) is 18.2 Å². The molecule has 1 aliphatic carbocycles. The number of rotatable bonds is 9. The van der Waals surface area contributed by atoms with Crippen LogP contribution in [0.5, 0.6) is 11.6 Å². The van der Waals surface area contributed by atoms with Gasteiger partial charge >= 0.3 is 6.18 Å². The summed E-state index contributed by atoms with van der Waals surface area (Å²) < 4.78 is 92.5. The second-order valence-corrected chi connectivity index (χ2v) is 9.86. The Morgan fingerprint density at radius 2 is 1.71 bits per heavy atom. The van der Waals surface area contributed by atoms with Gasteiger partial charge in [-0.1, -0.05) is 19.1 Å². The fraction of sp³-hybridized carbons (Fsp3) is 0.393. The molecule has 0 amide bonds. The van der Waals surface area contributed by atoms with E-state index in [-0.39, 0.29) is 48.0 Å². The van der Waals surface area contributed by atoms with Crippen LogP contribution in [-0.4, -0.2) is 28.7 Å².